The molecule has 8 heavy (non-hydrogen) atoms. The van der Waals surface area contributed by atoms with Gasteiger partial charge in [-0.25, -0.2) is 0 Å². The van der Waals surface area contributed by atoms with Crippen molar-refractivity contribution in [2.75, 3.05) is 5.75 Å². The van der Waals surface area contributed by atoms with Crippen LogP contribution in [0.25, 0.3) is 0 Å². The Morgan fingerprint density at radius 1 is 1.62 bits per heavy atom. The Morgan fingerprint density at radius 2 is 2.25 bits per heavy atom. The van der Waals surface area contributed by atoms with Gasteiger partial charge in [-0.05, 0) is 0 Å². The molecule has 0 aliphatic rings. The molecule has 0 saturated carbocycles. The third-order valence-electron chi connectivity index (χ3n) is 0.850. The van der Waals surface area contributed by atoms with Crippen LogP contribution >= 0.6 is 11.8 Å². The maximum absolute atomic E-state index is 3.06. The summed E-state index contributed by atoms with van der Waals surface area (Å²) in [6.07, 6.45) is 2.68. The molecular formula is C6H13SSe. The summed E-state index contributed by atoms with van der Waals surface area (Å²) in [5.74, 6) is 1.31. The molecule has 0 aromatic rings. The normalized spacial score (nSPS) is 13.9. The zero-order valence-electron chi connectivity index (χ0n) is 5.52. The van der Waals surface area contributed by atoms with Crippen LogP contribution in [0.4, 0.5) is 0 Å². The van der Waals surface area contributed by atoms with E-state index in [2.05, 4.69) is 29.9 Å². The number of hydrogen-bond acceptors (Lipinski definition) is 1. The Balaban J connectivity index is 2.72. The third-order valence-corrected chi connectivity index (χ3v) is 2.70. The molecule has 0 spiro atoms. The fourth-order valence-corrected chi connectivity index (χ4v) is 1.79. The fourth-order valence-electron chi connectivity index (χ4n) is 0.394. The molecule has 0 heterocycles. The van der Waals surface area contributed by atoms with E-state index in [0.717, 1.165) is 0 Å². The third kappa shape index (κ3) is 6.87. The molecule has 0 rings (SSSR count). The summed E-state index contributed by atoms with van der Waals surface area (Å²) in [6, 6.07) is 0. The van der Waals surface area contributed by atoms with Crippen molar-refractivity contribution in [2.45, 2.75) is 30.8 Å². The Kier molecular flexibility index (Phi) is 6.65. The van der Waals surface area contributed by atoms with Crippen LogP contribution in [0.15, 0.2) is 0 Å². The molecule has 0 saturated heterocycles. The van der Waals surface area contributed by atoms with Crippen LogP contribution < -0.4 is 0 Å². The predicted molar refractivity (Wildman–Crippen MR) is 42.6 cm³/mol. The van der Waals surface area contributed by atoms with E-state index in [4.69, 9.17) is 0 Å². The van der Waals surface area contributed by atoms with Gasteiger partial charge in [0, 0.05) is 0 Å². The Morgan fingerprint density at radius 3 is 2.62 bits per heavy atom. The first-order valence-electron chi connectivity index (χ1n) is 3.04. The molecule has 0 aromatic heterocycles. The van der Waals surface area contributed by atoms with Crippen LogP contribution in [0.5, 0.6) is 0 Å². The molecule has 0 N–H and O–H groups in total. The monoisotopic (exact) mass is 197 g/mol. The van der Waals surface area contributed by atoms with Crippen LogP contribution in [0, 0.1) is 0 Å². The van der Waals surface area contributed by atoms with Crippen molar-refractivity contribution in [3.63, 3.8) is 0 Å². The van der Waals surface area contributed by atoms with Gasteiger partial charge in [-0.3, -0.25) is 0 Å². The zero-order chi connectivity index (χ0) is 6.41. The van der Waals surface area contributed by atoms with Crippen LogP contribution in [-0.2, 0) is 0 Å². The molecule has 2 heteroatoms. The van der Waals surface area contributed by atoms with E-state index >= 15 is 0 Å². The van der Waals surface area contributed by atoms with E-state index in [1.807, 2.05) is 11.8 Å². The molecule has 0 aliphatic heterocycles. The molecule has 1 unspecified atom stereocenters. The average Bonchev–Trinajstić information content (AvgIpc) is 1.66. The van der Waals surface area contributed by atoms with Crippen molar-refractivity contribution in [1.82, 2.24) is 0 Å². The molecule has 0 amide bonds. The summed E-state index contributed by atoms with van der Waals surface area (Å²) in [5.41, 5.74) is 0. The summed E-state index contributed by atoms with van der Waals surface area (Å²) in [5, 5.41) is 0. The van der Waals surface area contributed by atoms with Crippen molar-refractivity contribution < 1.29 is 0 Å². The Bertz CT molecular complexity index is 45.8. The number of thioether (sulfide) groups is 1. The quantitative estimate of drug-likeness (QED) is 0.489. The molecule has 0 aliphatic carbocycles. The van der Waals surface area contributed by atoms with E-state index < -0.39 is 0 Å². The van der Waals surface area contributed by atoms with E-state index in [0.29, 0.717) is 4.15 Å². The first-order chi connectivity index (χ1) is 3.77. The number of unbranched alkanes of at least 4 members (excludes halogenated alkanes) is 1. The fraction of sp³-hybridized carbons (Fsp3) is 1.00. The van der Waals surface area contributed by atoms with Crippen molar-refractivity contribution in [2.24, 2.45) is 0 Å². The van der Waals surface area contributed by atoms with Crippen molar-refractivity contribution in [3.05, 3.63) is 0 Å². The molecule has 0 aromatic carbocycles. The van der Waals surface area contributed by atoms with Gasteiger partial charge in [-0.2, -0.15) is 0 Å². The standard InChI is InChI=1S/C6H13SSe/c1-3-4-5-7-6(2)8/h6H,3-5H2,1-2H3. The summed E-state index contributed by atoms with van der Waals surface area (Å²) in [7, 11) is 0. The van der Waals surface area contributed by atoms with Crippen LogP contribution in [0.3, 0.4) is 0 Å². The summed E-state index contributed by atoms with van der Waals surface area (Å²) < 4.78 is 0.696. The first-order valence-corrected chi connectivity index (χ1v) is 5.08. The topological polar surface area (TPSA) is 0 Å². The zero-order valence-corrected chi connectivity index (χ0v) is 8.04. The van der Waals surface area contributed by atoms with Gasteiger partial charge in [0.15, 0.2) is 0 Å². The SMILES string of the molecule is CCCCSC(C)[Se]. The van der Waals surface area contributed by atoms with Gasteiger partial charge < -0.3 is 0 Å². The predicted octanol–water partition coefficient (Wildman–Crippen LogP) is 2.03. The number of rotatable bonds is 4. The molecule has 1 radical (unpaired) electrons. The second-order valence-corrected chi connectivity index (χ2v) is 5.40. The van der Waals surface area contributed by atoms with Gasteiger partial charge in [0.1, 0.15) is 0 Å². The van der Waals surface area contributed by atoms with Crippen LogP contribution in [0.1, 0.15) is 26.7 Å². The first kappa shape index (κ1) is 8.87. The van der Waals surface area contributed by atoms with Gasteiger partial charge in [-0.15, -0.1) is 0 Å². The van der Waals surface area contributed by atoms with Gasteiger partial charge in [0.2, 0.25) is 0 Å². The van der Waals surface area contributed by atoms with E-state index in [-0.39, 0.29) is 0 Å². The van der Waals surface area contributed by atoms with Gasteiger partial charge >= 0.3 is 64.4 Å². The van der Waals surface area contributed by atoms with Crippen molar-refractivity contribution in [1.29, 1.82) is 0 Å². The van der Waals surface area contributed by atoms with E-state index in [1.165, 1.54) is 18.6 Å². The van der Waals surface area contributed by atoms with Crippen LogP contribution in [0.2, 0.25) is 0 Å². The number of hydrogen-bond donors (Lipinski definition) is 0. The summed E-state index contributed by atoms with van der Waals surface area (Å²) >= 11 is 5.06. The second kappa shape index (κ2) is 6.00. The van der Waals surface area contributed by atoms with Crippen molar-refractivity contribution in [3.8, 4) is 0 Å². The van der Waals surface area contributed by atoms with Gasteiger partial charge in [0.05, 0.1) is 0 Å². The summed E-state index contributed by atoms with van der Waals surface area (Å²) in [6.45, 7) is 4.42. The molecular weight excluding hydrogens is 183 g/mol. The Hall–Kier alpha value is 0.869. The maximum atomic E-state index is 3.06. The van der Waals surface area contributed by atoms with Gasteiger partial charge in [-0.1, -0.05) is 0 Å². The molecule has 0 fully saturated rings. The van der Waals surface area contributed by atoms with Crippen LogP contribution in [-0.4, -0.2) is 25.9 Å². The van der Waals surface area contributed by atoms with E-state index in [1.54, 1.807) is 0 Å². The second-order valence-electron chi connectivity index (χ2n) is 1.79. The van der Waals surface area contributed by atoms with E-state index in [9.17, 15) is 0 Å². The molecule has 0 bridgehead atoms. The minimum atomic E-state index is 0.696. The van der Waals surface area contributed by atoms with Gasteiger partial charge in [0.25, 0.3) is 0 Å². The molecule has 49 valence electrons. The minimum absolute atomic E-state index is 0.696. The summed E-state index contributed by atoms with van der Waals surface area (Å²) in [4.78, 5) is 0. The molecule has 1 atom stereocenters. The average molecular weight is 196 g/mol. The van der Waals surface area contributed by atoms with Crippen molar-refractivity contribution >= 4 is 27.8 Å². The molecule has 0 nitrogen and oxygen atoms in total. The Labute approximate surface area is 64.6 Å².